The molecule has 0 heterocycles. The van der Waals surface area contributed by atoms with Crippen molar-refractivity contribution in [3.05, 3.63) is 47.5 Å². The molecule has 1 saturated carbocycles. The molecule has 158 valence electrons. The summed E-state index contributed by atoms with van der Waals surface area (Å²) in [6.45, 7) is 16.7. The molecule has 1 nitrogen and oxygen atoms in total. The molecule has 0 unspecified atom stereocenters. The first-order valence-electron chi connectivity index (χ1n) is 11.8. The first-order valence-corrected chi connectivity index (χ1v) is 13.9. The molecule has 0 amide bonds. The predicted octanol–water partition coefficient (Wildman–Crippen LogP) is 8.84. The molecule has 0 saturated heterocycles. The summed E-state index contributed by atoms with van der Waals surface area (Å²) in [6.07, 6.45) is 10.5. The molecule has 1 aliphatic rings. The van der Waals surface area contributed by atoms with E-state index in [2.05, 4.69) is 84.9 Å². The SMILES string of the molecule is CC/C=C(\C1CCCCC1)[C@@H](O[Si](C(C)C)(C(C)C)C(C)C)c1ccccc1. The number of hydrogen-bond donors (Lipinski definition) is 0. The molecule has 1 aliphatic carbocycles. The van der Waals surface area contributed by atoms with E-state index < -0.39 is 8.32 Å². The van der Waals surface area contributed by atoms with Crippen LogP contribution in [-0.4, -0.2) is 8.32 Å². The van der Waals surface area contributed by atoms with E-state index in [1.54, 1.807) is 5.57 Å². The summed E-state index contributed by atoms with van der Waals surface area (Å²) in [4.78, 5) is 0. The van der Waals surface area contributed by atoms with Crippen LogP contribution in [0.15, 0.2) is 42.0 Å². The van der Waals surface area contributed by atoms with E-state index >= 15 is 0 Å². The maximum absolute atomic E-state index is 7.45. The number of rotatable bonds is 9. The van der Waals surface area contributed by atoms with Crippen LogP contribution in [0, 0.1) is 5.92 Å². The van der Waals surface area contributed by atoms with Gasteiger partial charge >= 0.3 is 0 Å². The van der Waals surface area contributed by atoms with E-state index in [0.717, 1.165) is 6.42 Å². The highest BCUT2D eigenvalue weighted by molar-refractivity contribution is 6.77. The summed E-state index contributed by atoms with van der Waals surface area (Å²) in [5.74, 6) is 0.692. The lowest BCUT2D eigenvalue weighted by Crippen LogP contribution is -2.49. The van der Waals surface area contributed by atoms with Crippen molar-refractivity contribution in [3.8, 4) is 0 Å². The lowest BCUT2D eigenvalue weighted by atomic mass is 9.80. The van der Waals surface area contributed by atoms with Gasteiger partial charge in [-0.1, -0.05) is 104 Å². The molecule has 1 fully saturated rings. The quantitative estimate of drug-likeness (QED) is 0.297. The Labute approximate surface area is 176 Å². The van der Waals surface area contributed by atoms with Crippen LogP contribution in [0.25, 0.3) is 0 Å². The molecule has 0 bridgehead atoms. The number of hydrogen-bond acceptors (Lipinski definition) is 1. The van der Waals surface area contributed by atoms with Gasteiger partial charge in [0.05, 0.1) is 6.10 Å². The van der Waals surface area contributed by atoms with Gasteiger partial charge in [0.1, 0.15) is 0 Å². The molecular weight excluding hydrogens is 356 g/mol. The lowest BCUT2D eigenvalue weighted by molar-refractivity contribution is 0.188. The third kappa shape index (κ3) is 5.19. The van der Waals surface area contributed by atoms with Gasteiger partial charge in [-0.05, 0) is 52.9 Å². The highest BCUT2D eigenvalue weighted by atomic mass is 28.4. The second-order valence-electron chi connectivity index (χ2n) is 9.67. The van der Waals surface area contributed by atoms with Crippen LogP contribution in [0.5, 0.6) is 0 Å². The van der Waals surface area contributed by atoms with Gasteiger partial charge in [-0.25, -0.2) is 0 Å². The highest BCUT2D eigenvalue weighted by Gasteiger charge is 2.47. The van der Waals surface area contributed by atoms with Crippen molar-refractivity contribution < 1.29 is 4.43 Å². The van der Waals surface area contributed by atoms with E-state index in [-0.39, 0.29) is 6.10 Å². The average Bonchev–Trinajstić information content (AvgIpc) is 2.68. The minimum Gasteiger partial charge on any atom is -0.405 e. The van der Waals surface area contributed by atoms with Crippen molar-refractivity contribution in [2.45, 2.75) is 110 Å². The Morgan fingerprint density at radius 3 is 1.93 bits per heavy atom. The fourth-order valence-corrected chi connectivity index (χ4v) is 11.2. The van der Waals surface area contributed by atoms with Gasteiger partial charge in [0, 0.05) is 0 Å². The minimum absolute atomic E-state index is 0.128. The van der Waals surface area contributed by atoms with Crippen LogP contribution in [0.2, 0.25) is 16.6 Å². The topological polar surface area (TPSA) is 9.23 Å². The molecule has 0 spiro atoms. The van der Waals surface area contributed by atoms with Crippen LogP contribution in [-0.2, 0) is 4.43 Å². The smallest absolute Gasteiger partial charge is 0.201 e. The van der Waals surface area contributed by atoms with Crippen molar-refractivity contribution >= 4 is 8.32 Å². The Balaban J connectivity index is 2.53. The van der Waals surface area contributed by atoms with Gasteiger partial charge in [-0.15, -0.1) is 0 Å². The Hall–Kier alpha value is -0.863. The van der Waals surface area contributed by atoms with Gasteiger partial charge < -0.3 is 4.43 Å². The monoisotopic (exact) mass is 400 g/mol. The summed E-state index contributed by atoms with van der Waals surface area (Å²) in [7, 11) is -1.97. The fraction of sp³-hybridized carbons (Fsp3) is 0.692. The van der Waals surface area contributed by atoms with Gasteiger partial charge in [-0.2, -0.15) is 0 Å². The first kappa shape index (κ1) is 23.4. The molecule has 1 atom stereocenters. The third-order valence-corrected chi connectivity index (χ3v) is 13.0. The normalized spacial score (nSPS) is 18.3. The van der Waals surface area contributed by atoms with Gasteiger partial charge in [0.25, 0.3) is 0 Å². The zero-order chi connectivity index (χ0) is 20.7. The van der Waals surface area contributed by atoms with Crippen molar-refractivity contribution in [3.63, 3.8) is 0 Å². The molecule has 1 aromatic rings. The molecule has 0 aromatic heterocycles. The van der Waals surface area contributed by atoms with Crippen LogP contribution in [0.4, 0.5) is 0 Å². The molecule has 0 aliphatic heterocycles. The summed E-state index contributed by atoms with van der Waals surface area (Å²) in [6, 6.07) is 11.1. The molecule has 2 rings (SSSR count). The summed E-state index contributed by atoms with van der Waals surface area (Å²) in [5.41, 5.74) is 4.74. The molecular formula is C26H44OSi. The Morgan fingerprint density at radius 2 is 1.46 bits per heavy atom. The largest absolute Gasteiger partial charge is 0.405 e. The average molecular weight is 401 g/mol. The van der Waals surface area contributed by atoms with E-state index in [1.807, 2.05) is 0 Å². The number of benzene rings is 1. The van der Waals surface area contributed by atoms with E-state index in [9.17, 15) is 0 Å². The summed E-state index contributed by atoms with van der Waals surface area (Å²) < 4.78 is 7.45. The molecule has 2 heteroatoms. The second kappa shape index (κ2) is 10.8. The van der Waals surface area contributed by atoms with Crippen LogP contribution < -0.4 is 0 Å². The van der Waals surface area contributed by atoms with Crippen molar-refractivity contribution in [1.29, 1.82) is 0 Å². The van der Waals surface area contributed by atoms with Gasteiger partial charge in [-0.3, -0.25) is 0 Å². The minimum atomic E-state index is -1.97. The zero-order valence-electron chi connectivity index (χ0n) is 19.5. The van der Waals surface area contributed by atoms with E-state index in [0.29, 0.717) is 22.5 Å². The molecule has 0 radical (unpaired) electrons. The van der Waals surface area contributed by atoms with Crippen molar-refractivity contribution in [2.75, 3.05) is 0 Å². The Morgan fingerprint density at radius 1 is 0.929 bits per heavy atom. The molecule has 0 N–H and O–H groups in total. The number of allylic oxidation sites excluding steroid dienone is 1. The predicted molar refractivity (Wildman–Crippen MR) is 126 cm³/mol. The maximum Gasteiger partial charge on any atom is 0.201 e. The van der Waals surface area contributed by atoms with Crippen LogP contribution >= 0.6 is 0 Å². The zero-order valence-corrected chi connectivity index (χ0v) is 20.5. The van der Waals surface area contributed by atoms with Crippen LogP contribution in [0.1, 0.15) is 98.7 Å². The van der Waals surface area contributed by atoms with E-state index in [1.165, 1.54) is 37.7 Å². The van der Waals surface area contributed by atoms with Crippen LogP contribution in [0.3, 0.4) is 0 Å². The van der Waals surface area contributed by atoms with Crippen molar-refractivity contribution in [1.82, 2.24) is 0 Å². The lowest BCUT2D eigenvalue weighted by Gasteiger charge is -2.46. The van der Waals surface area contributed by atoms with Gasteiger partial charge in [0.2, 0.25) is 8.32 Å². The Bertz CT molecular complexity index is 574. The fourth-order valence-electron chi connectivity index (χ4n) is 5.73. The molecule has 28 heavy (non-hydrogen) atoms. The standard InChI is InChI=1S/C26H44OSi/c1-8-15-25(23-16-11-9-12-17-23)26(24-18-13-10-14-19-24)27-28(20(2)3,21(4)5)22(6)7/h10,13-15,18-23,26H,8-9,11-12,16-17H2,1-7H3/b25-15+/t26-/m0/s1. The Kier molecular flexibility index (Phi) is 9.02. The van der Waals surface area contributed by atoms with Crippen molar-refractivity contribution in [2.24, 2.45) is 5.92 Å². The summed E-state index contributed by atoms with van der Waals surface area (Å²) in [5, 5.41) is 0. The molecule has 1 aromatic carbocycles. The van der Waals surface area contributed by atoms with E-state index in [4.69, 9.17) is 4.43 Å². The summed E-state index contributed by atoms with van der Waals surface area (Å²) >= 11 is 0. The maximum atomic E-state index is 7.45. The first-order chi connectivity index (χ1) is 13.3. The highest BCUT2D eigenvalue weighted by Crippen LogP contribution is 2.48. The third-order valence-electron chi connectivity index (χ3n) is 6.95. The van der Waals surface area contributed by atoms with Gasteiger partial charge in [0.15, 0.2) is 0 Å². The second-order valence-corrected chi connectivity index (χ2v) is 15.1.